The molecule has 0 atom stereocenters. The van der Waals surface area contributed by atoms with Crippen LogP contribution in [-0.4, -0.2) is 14.2 Å². The number of halogens is 3. The van der Waals surface area contributed by atoms with E-state index in [0.717, 1.165) is 0 Å². The van der Waals surface area contributed by atoms with Gasteiger partial charge in [0, 0.05) is 0 Å². The number of ether oxygens (including phenoxy) is 2. The van der Waals surface area contributed by atoms with Crippen LogP contribution in [0.5, 0.6) is 11.5 Å². The van der Waals surface area contributed by atoms with Crippen LogP contribution in [0.15, 0.2) is 34.8 Å². The molecule has 0 saturated carbocycles. The van der Waals surface area contributed by atoms with Crippen molar-refractivity contribution in [2.24, 2.45) is 0 Å². The Balaban J connectivity index is 0.000000211. The van der Waals surface area contributed by atoms with Gasteiger partial charge in [0.05, 0.1) is 30.1 Å². The fraction of sp³-hybridized carbons (Fsp3) is 0.143. The summed E-state index contributed by atoms with van der Waals surface area (Å²) in [5.74, 6) is -0.697. The zero-order chi connectivity index (χ0) is 16.0. The van der Waals surface area contributed by atoms with E-state index in [4.69, 9.17) is 16.2 Å². The molecule has 0 radical (unpaired) electrons. The molecule has 0 fully saturated rings. The fourth-order valence-electron chi connectivity index (χ4n) is 1.42. The van der Waals surface area contributed by atoms with Gasteiger partial charge in [0.25, 0.3) is 0 Å². The largest absolute Gasteiger partial charge is 0.494 e. The summed E-state index contributed by atoms with van der Waals surface area (Å²) < 4.78 is 35.7. The molecule has 0 aliphatic heterocycles. The third-order valence-corrected chi connectivity index (χ3v) is 3.12. The van der Waals surface area contributed by atoms with Gasteiger partial charge in [-0.3, -0.25) is 0 Å². The lowest BCUT2D eigenvalue weighted by molar-refractivity contribution is 0.385. The Labute approximate surface area is 129 Å². The van der Waals surface area contributed by atoms with Crippen molar-refractivity contribution in [2.45, 2.75) is 0 Å². The lowest BCUT2D eigenvalue weighted by atomic mass is 10.3. The van der Waals surface area contributed by atoms with E-state index >= 15 is 0 Å². The number of anilines is 2. The van der Waals surface area contributed by atoms with Gasteiger partial charge >= 0.3 is 0 Å². The standard InChI is InChI=1S/C7H7BrFNO.C7H8FNO/c1-11-7-4(8)2-3-5(10)6(7)9;1-10-6-4-2-3-5(9)7(6)8/h2-3H,10H2,1H3;2-4H,9H2,1H3. The molecule has 7 heteroatoms. The van der Waals surface area contributed by atoms with E-state index in [1.54, 1.807) is 12.1 Å². The van der Waals surface area contributed by atoms with Crippen LogP contribution in [0.3, 0.4) is 0 Å². The zero-order valence-electron chi connectivity index (χ0n) is 11.5. The van der Waals surface area contributed by atoms with Gasteiger partial charge in [-0.25, -0.2) is 8.78 Å². The second-order valence-electron chi connectivity index (χ2n) is 3.85. The molecule has 2 aromatic carbocycles. The number of hydrogen-bond acceptors (Lipinski definition) is 4. The Morgan fingerprint density at radius 3 is 2.00 bits per heavy atom. The molecule has 0 bridgehead atoms. The second-order valence-corrected chi connectivity index (χ2v) is 4.70. The van der Waals surface area contributed by atoms with Gasteiger partial charge < -0.3 is 20.9 Å². The van der Waals surface area contributed by atoms with Crippen LogP contribution in [0, 0.1) is 11.6 Å². The molecule has 114 valence electrons. The van der Waals surface area contributed by atoms with Gasteiger partial charge in [0.2, 0.25) is 0 Å². The molecule has 0 heterocycles. The molecule has 0 saturated heterocycles. The fourth-order valence-corrected chi connectivity index (χ4v) is 1.89. The maximum absolute atomic E-state index is 13.0. The van der Waals surface area contributed by atoms with Gasteiger partial charge in [-0.15, -0.1) is 0 Å². The summed E-state index contributed by atoms with van der Waals surface area (Å²) in [4.78, 5) is 0. The Hall–Kier alpha value is -2.02. The summed E-state index contributed by atoms with van der Waals surface area (Å²) in [5.41, 5.74) is 10.7. The Kier molecular flexibility index (Phi) is 6.23. The summed E-state index contributed by atoms with van der Waals surface area (Å²) in [6.07, 6.45) is 0. The van der Waals surface area contributed by atoms with Gasteiger partial charge in [0.1, 0.15) is 0 Å². The molecule has 0 amide bonds. The van der Waals surface area contributed by atoms with E-state index in [9.17, 15) is 8.78 Å². The lowest BCUT2D eigenvalue weighted by Crippen LogP contribution is -1.95. The highest BCUT2D eigenvalue weighted by Crippen LogP contribution is 2.30. The first-order chi connectivity index (χ1) is 9.92. The predicted molar refractivity (Wildman–Crippen MR) is 82.4 cm³/mol. The Morgan fingerprint density at radius 2 is 1.52 bits per heavy atom. The van der Waals surface area contributed by atoms with E-state index in [-0.39, 0.29) is 22.9 Å². The van der Waals surface area contributed by atoms with Crippen LogP contribution in [-0.2, 0) is 0 Å². The minimum atomic E-state index is -0.526. The minimum absolute atomic E-state index is 0.0880. The third kappa shape index (κ3) is 4.22. The van der Waals surface area contributed by atoms with Crippen LogP contribution < -0.4 is 20.9 Å². The van der Waals surface area contributed by atoms with Gasteiger partial charge in [-0.2, -0.15) is 0 Å². The molecule has 2 rings (SSSR count). The average molecular weight is 361 g/mol. The highest BCUT2D eigenvalue weighted by atomic mass is 79.9. The molecule has 4 nitrogen and oxygen atoms in total. The van der Waals surface area contributed by atoms with E-state index < -0.39 is 11.6 Å². The Morgan fingerprint density at radius 1 is 0.905 bits per heavy atom. The van der Waals surface area contributed by atoms with Crippen molar-refractivity contribution in [3.05, 3.63) is 46.4 Å². The molecular formula is C14H15BrF2N2O2. The van der Waals surface area contributed by atoms with E-state index in [1.165, 1.54) is 32.4 Å². The molecule has 0 unspecified atom stereocenters. The molecule has 0 aliphatic carbocycles. The summed E-state index contributed by atoms with van der Waals surface area (Å²) in [7, 11) is 2.79. The van der Waals surface area contributed by atoms with Gasteiger partial charge in [-0.05, 0) is 40.2 Å². The number of benzene rings is 2. The molecule has 0 aromatic heterocycles. The van der Waals surface area contributed by atoms with Crippen molar-refractivity contribution in [3.63, 3.8) is 0 Å². The normalized spacial score (nSPS) is 9.57. The van der Waals surface area contributed by atoms with Crippen LogP contribution >= 0.6 is 15.9 Å². The molecular weight excluding hydrogens is 346 g/mol. The molecule has 0 spiro atoms. The first-order valence-electron chi connectivity index (χ1n) is 5.77. The molecule has 0 aliphatic rings. The number of rotatable bonds is 2. The maximum Gasteiger partial charge on any atom is 0.189 e. The van der Waals surface area contributed by atoms with Crippen LogP contribution in [0.1, 0.15) is 0 Å². The topological polar surface area (TPSA) is 70.5 Å². The smallest absolute Gasteiger partial charge is 0.189 e. The summed E-state index contributed by atoms with van der Waals surface area (Å²) in [6.45, 7) is 0. The number of methoxy groups -OCH3 is 2. The first-order valence-corrected chi connectivity index (χ1v) is 6.57. The van der Waals surface area contributed by atoms with Crippen LogP contribution in [0.25, 0.3) is 0 Å². The summed E-state index contributed by atoms with van der Waals surface area (Å²) >= 11 is 3.12. The number of nitrogens with two attached hydrogens (primary N) is 2. The minimum Gasteiger partial charge on any atom is -0.494 e. The SMILES string of the molecule is COc1c(Br)ccc(N)c1F.COc1cccc(N)c1F. The monoisotopic (exact) mass is 360 g/mol. The highest BCUT2D eigenvalue weighted by molar-refractivity contribution is 9.10. The quantitative estimate of drug-likeness (QED) is 0.802. The lowest BCUT2D eigenvalue weighted by Gasteiger charge is -2.05. The summed E-state index contributed by atoms with van der Waals surface area (Å²) in [6, 6.07) is 7.75. The van der Waals surface area contributed by atoms with E-state index in [1.807, 2.05) is 0 Å². The van der Waals surface area contributed by atoms with Crippen molar-refractivity contribution >= 4 is 27.3 Å². The number of hydrogen-bond donors (Lipinski definition) is 2. The van der Waals surface area contributed by atoms with Crippen LogP contribution in [0.2, 0.25) is 0 Å². The molecule has 21 heavy (non-hydrogen) atoms. The van der Waals surface area contributed by atoms with Crippen molar-refractivity contribution in [1.29, 1.82) is 0 Å². The van der Waals surface area contributed by atoms with Gasteiger partial charge in [0.15, 0.2) is 23.1 Å². The van der Waals surface area contributed by atoms with Crippen molar-refractivity contribution < 1.29 is 18.3 Å². The predicted octanol–water partition coefficient (Wildman–Crippen LogP) is 3.60. The van der Waals surface area contributed by atoms with Gasteiger partial charge in [-0.1, -0.05) is 6.07 Å². The number of nitrogen functional groups attached to an aromatic ring is 2. The molecule has 2 aromatic rings. The zero-order valence-corrected chi connectivity index (χ0v) is 13.1. The highest BCUT2D eigenvalue weighted by Gasteiger charge is 2.09. The molecule has 4 N–H and O–H groups in total. The Bertz CT molecular complexity index is 624. The van der Waals surface area contributed by atoms with E-state index in [2.05, 4.69) is 20.7 Å². The second kappa shape index (κ2) is 7.68. The summed E-state index contributed by atoms with van der Waals surface area (Å²) in [5, 5.41) is 0. The first kappa shape index (κ1) is 17.0. The van der Waals surface area contributed by atoms with Crippen molar-refractivity contribution in [1.82, 2.24) is 0 Å². The van der Waals surface area contributed by atoms with Crippen molar-refractivity contribution in [3.8, 4) is 11.5 Å². The van der Waals surface area contributed by atoms with Crippen LogP contribution in [0.4, 0.5) is 20.2 Å². The van der Waals surface area contributed by atoms with Crippen molar-refractivity contribution in [2.75, 3.05) is 25.7 Å². The average Bonchev–Trinajstić information content (AvgIpc) is 2.47. The van der Waals surface area contributed by atoms with E-state index in [0.29, 0.717) is 4.47 Å². The maximum atomic E-state index is 13.0. The third-order valence-electron chi connectivity index (χ3n) is 2.50.